The first-order chi connectivity index (χ1) is 11.4. The number of carbonyl (C=O) groups is 3. The second-order valence-corrected chi connectivity index (χ2v) is 4.97. The molecule has 1 heterocycles. The van der Waals surface area contributed by atoms with E-state index in [-0.39, 0.29) is 25.3 Å². The maximum Gasteiger partial charge on any atom is 0.326 e. The first-order valence-electron chi connectivity index (χ1n) is 7.38. The Morgan fingerprint density at radius 3 is 2.42 bits per heavy atom. The molecule has 6 N–H and O–H groups in total. The number of H-pyrrole nitrogens is 1. The largest absolute Gasteiger partial charge is 0.480 e. The molecule has 0 radical (unpaired) electrons. The third kappa shape index (κ3) is 5.73. The molecule has 0 aliphatic rings. The highest BCUT2D eigenvalue weighted by Gasteiger charge is 2.21. The molecule has 1 aromatic carbocycles. The highest BCUT2D eigenvalue weighted by Crippen LogP contribution is 2.19. The predicted molar refractivity (Wildman–Crippen MR) is 88.6 cm³/mol. The quantitative estimate of drug-likeness (QED) is 0.526. The van der Waals surface area contributed by atoms with Gasteiger partial charge in [0, 0.05) is 29.9 Å². The number of nitrogens with one attached hydrogen (secondary N) is 2. The van der Waals surface area contributed by atoms with E-state index in [1.54, 1.807) is 13.1 Å². The van der Waals surface area contributed by atoms with Crippen molar-refractivity contribution in [2.75, 3.05) is 6.54 Å². The number of fused-ring (bicyclic) bond motifs is 1. The number of carboxylic acids is 2. The number of hydrogen-bond acceptors (Lipinski definition) is 4. The topological polar surface area (TPSA) is 146 Å². The fourth-order valence-electron chi connectivity index (χ4n) is 2.02. The number of rotatable bonds is 6. The van der Waals surface area contributed by atoms with Gasteiger partial charge in [-0.05, 0) is 11.6 Å². The lowest BCUT2D eigenvalue weighted by molar-refractivity contribution is -0.141. The molecule has 24 heavy (non-hydrogen) atoms. The summed E-state index contributed by atoms with van der Waals surface area (Å²) in [5.74, 6) is -2.25. The van der Waals surface area contributed by atoms with E-state index in [9.17, 15) is 14.4 Å². The third-order valence-electron chi connectivity index (χ3n) is 3.23. The van der Waals surface area contributed by atoms with Crippen molar-refractivity contribution in [1.82, 2.24) is 10.3 Å². The van der Waals surface area contributed by atoms with Gasteiger partial charge in [-0.15, -0.1) is 0 Å². The number of aliphatic carboxylic acids is 2. The van der Waals surface area contributed by atoms with Crippen LogP contribution in [0.3, 0.4) is 0 Å². The van der Waals surface area contributed by atoms with Gasteiger partial charge in [0.1, 0.15) is 6.04 Å². The van der Waals surface area contributed by atoms with Crippen LogP contribution in [0.25, 0.3) is 10.9 Å². The summed E-state index contributed by atoms with van der Waals surface area (Å²) in [7, 11) is 0. The molecule has 0 saturated heterocycles. The van der Waals surface area contributed by atoms with Crippen LogP contribution in [-0.4, -0.2) is 45.6 Å². The van der Waals surface area contributed by atoms with Crippen molar-refractivity contribution in [3.05, 3.63) is 36.0 Å². The van der Waals surface area contributed by atoms with Gasteiger partial charge in [-0.2, -0.15) is 0 Å². The lowest BCUT2D eigenvalue weighted by atomic mass is 10.0. The second-order valence-electron chi connectivity index (χ2n) is 4.97. The van der Waals surface area contributed by atoms with Crippen molar-refractivity contribution >= 4 is 28.7 Å². The predicted octanol–water partition coefficient (Wildman–Crippen LogP) is 0.720. The fourth-order valence-corrected chi connectivity index (χ4v) is 2.02. The van der Waals surface area contributed by atoms with Crippen LogP contribution in [0.15, 0.2) is 30.5 Å². The average molecular weight is 335 g/mol. The average Bonchev–Trinajstić information content (AvgIpc) is 2.97. The minimum Gasteiger partial charge on any atom is -0.480 e. The van der Waals surface area contributed by atoms with Crippen LogP contribution in [0.2, 0.25) is 0 Å². The summed E-state index contributed by atoms with van der Waals surface area (Å²) in [5.41, 5.74) is 6.42. The molecule has 1 amide bonds. The van der Waals surface area contributed by atoms with Gasteiger partial charge in [0.25, 0.3) is 0 Å². The molecule has 0 fully saturated rings. The summed E-state index contributed by atoms with van der Waals surface area (Å²) in [5, 5.41) is 20.3. The molecular formula is C16H21N3O5. The number of aromatic nitrogens is 1. The molecule has 1 unspecified atom stereocenters. The molecule has 130 valence electrons. The fraction of sp³-hybridized carbons (Fsp3) is 0.312. The smallest absolute Gasteiger partial charge is 0.326 e. The number of nitrogens with two attached hydrogens (primary N) is 1. The van der Waals surface area contributed by atoms with E-state index in [0.717, 1.165) is 16.5 Å². The number of carboxylic acid groups (broad SMARTS) is 2. The Bertz CT molecular complexity index is 711. The van der Waals surface area contributed by atoms with Gasteiger partial charge in [-0.25, -0.2) is 4.79 Å². The number of hydrogen-bond donors (Lipinski definition) is 5. The molecule has 1 aromatic heterocycles. The number of aromatic amines is 1. The maximum atomic E-state index is 11.3. The minimum atomic E-state index is -1.02. The van der Waals surface area contributed by atoms with Crippen molar-refractivity contribution in [3.63, 3.8) is 0 Å². The molecule has 1 atom stereocenters. The van der Waals surface area contributed by atoms with E-state index in [1.165, 1.54) is 0 Å². The van der Waals surface area contributed by atoms with Gasteiger partial charge in [-0.1, -0.05) is 25.1 Å². The Balaban J connectivity index is 0.000000505. The SMILES string of the molecule is CCC(=O)NC(Cc1c[nH]c2ccccc12)C(=O)O.NCC(=O)O. The van der Waals surface area contributed by atoms with Gasteiger partial charge in [0.05, 0.1) is 6.54 Å². The van der Waals surface area contributed by atoms with E-state index in [2.05, 4.69) is 16.0 Å². The first-order valence-corrected chi connectivity index (χ1v) is 7.38. The van der Waals surface area contributed by atoms with Crippen LogP contribution < -0.4 is 11.1 Å². The summed E-state index contributed by atoms with van der Waals surface area (Å²) in [6.07, 6.45) is 2.33. The van der Waals surface area contributed by atoms with E-state index < -0.39 is 18.0 Å². The van der Waals surface area contributed by atoms with Crippen molar-refractivity contribution in [3.8, 4) is 0 Å². The van der Waals surface area contributed by atoms with Crippen LogP contribution in [0.4, 0.5) is 0 Å². The third-order valence-corrected chi connectivity index (χ3v) is 3.23. The zero-order valence-electron chi connectivity index (χ0n) is 13.3. The van der Waals surface area contributed by atoms with Crippen LogP contribution in [0.5, 0.6) is 0 Å². The highest BCUT2D eigenvalue weighted by atomic mass is 16.4. The van der Waals surface area contributed by atoms with Gasteiger partial charge in [-0.3, -0.25) is 9.59 Å². The van der Waals surface area contributed by atoms with Crippen LogP contribution in [-0.2, 0) is 20.8 Å². The Morgan fingerprint density at radius 1 is 1.25 bits per heavy atom. The highest BCUT2D eigenvalue weighted by molar-refractivity contribution is 5.86. The molecule has 0 aliphatic carbocycles. The van der Waals surface area contributed by atoms with Crippen LogP contribution >= 0.6 is 0 Å². The molecule has 8 heteroatoms. The Labute approximate surface area is 138 Å². The molecule has 2 aromatic rings. The molecule has 0 bridgehead atoms. The first kappa shape index (κ1) is 19.2. The summed E-state index contributed by atoms with van der Waals surface area (Å²) in [6.45, 7) is 1.42. The van der Waals surface area contributed by atoms with E-state index in [4.69, 9.17) is 10.2 Å². The molecule has 0 saturated carbocycles. The van der Waals surface area contributed by atoms with Crippen molar-refractivity contribution in [2.45, 2.75) is 25.8 Å². The van der Waals surface area contributed by atoms with E-state index in [1.807, 2.05) is 24.3 Å². The molecule has 2 rings (SSSR count). The Kier molecular flexibility index (Phi) is 7.44. The molecular weight excluding hydrogens is 314 g/mol. The molecule has 0 aliphatic heterocycles. The van der Waals surface area contributed by atoms with Gasteiger partial charge in [0.15, 0.2) is 0 Å². The summed E-state index contributed by atoms with van der Waals surface area (Å²) < 4.78 is 0. The zero-order valence-corrected chi connectivity index (χ0v) is 13.3. The molecule has 8 nitrogen and oxygen atoms in total. The summed E-state index contributed by atoms with van der Waals surface area (Å²) >= 11 is 0. The Hall–Kier alpha value is -2.87. The lowest BCUT2D eigenvalue weighted by Crippen LogP contribution is -2.41. The Morgan fingerprint density at radius 2 is 1.88 bits per heavy atom. The lowest BCUT2D eigenvalue weighted by Gasteiger charge is -2.13. The normalized spacial score (nSPS) is 11.2. The molecule has 0 spiro atoms. The standard InChI is InChI=1S/C14H16N2O3.C2H5NO2/c1-2-13(17)16-12(14(18)19)7-9-8-15-11-6-4-3-5-10(9)11;3-1-2(4)5/h3-6,8,12,15H,2,7H2,1H3,(H,16,17)(H,18,19);1,3H2,(H,4,5). The van der Waals surface area contributed by atoms with Crippen molar-refractivity contribution < 1.29 is 24.6 Å². The van der Waals surface area contributed by atoms with E-state index in [0.29, 0.717) is 0 Å². The number of amides is 1. The van der Waals surface area contributed by atoms with Crippen LogP contribution in [0, 0.1) is 0 Å². The number of para-hydroxylation sites is 1. The van der Waals surface area contributed by atoms with Gasteiger partial charge >= 0.3 is 11.9 Å². The van der Waals surface area contributed by atoms with Crippen LogP contribution in [0.1, 0.15) is 18.9 Å². The number of benzene rings is 1. The zero-order chi connectivity index (χ0) is 18.1. The second kappa shape index (κ2) is 9.31. The summed E-state index contributed by atoms with van der Waals surface area (Å²) in [4.78, 5) is 34.9. The summed E-state index contributed by atoms with van der Waals surface area (Å²) in [6, 6.07) is 6.78. The minimum absolute atomic E-state index is 0.257. The number of carbonyl (C=O) groups excluding carboxylic acids is 1. The van der Waals surface area contributed by atoms with Gasteiger partial charge in [0.2, 0.25) is 5.91 Å². The maximum absolute atomic E-state index is 11.3. The van der Waals surface area contributed by atoms with Gasteiger partial charge < -0.3 is 26.2 Å². The van der Waals surface area contributed by atoms with Crippen molar-refractivity contribution in [1.29, 1.82) is 0 Å². The van der Waals surface area contributed by atoms with Crippen molar-refractivity contribution in [2.24, 2.45) is 5.73 Å². The van der Waals surface area contributed by atoms with E-state index >= 15 is 0 Å². The monoisotopic (exact) mass is 335 g/mol.